The van der Waals surface area contributed by atoms with Crippen LogP contribution in [0.1, 0.15) is 39.5 Å². The summed E-state index contributed by atoms with van der Waals surface area (Å²) >= 11 is 0. The number of allylic oxidation sites excluding steroid dienone is 4. The number of nitriles is 1. The van der Waals surface area contributed by atoms with Crippen molar-refractivity contribution in [3.05, 3.63) is 23.8 Å². The molecule has 0 saturated heterocycles. The van der Waals surface area contributed by atoms with E-state index >= 15 is 0 Å². The van der Waals surface area contributed by atoms with E-state index in [1.54, 1.807) is 0 Å². The summed E-state index contributed by atoms with van der Waals surface area (Å²) in [6.45, 7) is 4.36. The standard InChI is InChI=1S/C11H17N/c1-3-7-11(8-4-2)9-5-6-10-12/h5-6,9H,3-4,7-8H2,1-2H3/b6-5-. The van der Waals surface area contributed by atoms with Crippen LogP contribution >= 0.6 is 0 Å². The lowest BCUT2D eigenvalue weighted by atomic mass is 10.1. The van der Waals surface area contributed by atoms with E-state index in [1.807, 2.05) is 12.1 Å². The van der Waals surface area contributed by atoms with Gasteiger partial charge in [-0.05, 0) is 12.8 Å². The third kappa shape index (κ3) is 5.73. The third-order valence-electron chi connectivity index (χ3n) is 1.64. The van der Waals surface area contributed by atoms with Crippen LogP contribution in [0.5, 0.6) is 0 Å². The van der Waals surface area contributed by atoms with E-state index in [0.717, 1.165) is 12.8 Å². The van der Waals surface area contributed by atoms with E-state index in [-0.39, 0.29) is 0 Å². The second-order valence-corrected chi connectivity index (χ2v) is 2.81. The minimum absolute atomic E-state index is 1.16. The number of nitrogens with zero attached hydrogens (tertiary/aromatic N) is 1. The zero-order valence-corrected chi connectivity index (χ0v) is 8.01. The molecule has 0 radical (unpaired) electrons. The summed E-state index contributed by atoms with van der Waals surface area (Å²) in [6, 6.07) is 1.98. The highest BCUT2D eigenvalue weighted by atomic mass is 14.2. The molecule has 1 heteroatoms. The predicted octanol–water partition coefficient (Wildman–Crippen LogP) is 3.59. The molecule has 1 nitrogen and oxygen atoms in total. The fourth-order valence-electron chi connectivity index (χ4n) is 1.16. The molecule has 66 valence electrons. The molecule has 0 saturated carbocycles. The van der Waals surface area contributed by atoms with Crippen LogP contribution in [0.2, 0.25) is 0 Å². The van der Waals surface area contributed by atoms with Gasteiger partial charge in [-0.2, -0.15) is 5.26 Å². The average Bonchev–Trinajstić information content (AvgIpc) is 2.06. The van der Waals surface area contributed by atoms with Gasteiger partial charge >= 0.3 is 0 Å². The molecule has 0 aromatic rings. The Kier molecular flexibility index (Phi) is 7.38. The molecule has 0 amide bonds. The van der Waals surface area contributed by atoms with Gasteiger partial charge in [0.05, 0.1) is 6.07 Å². The molecule has 0 atom stereocenters. The summed E-state index contributed by atoms with van der Waals surface area (Å²) in [6.07, 6.45) is 10.1. The van der Waals surface area contributed by atoms with Crippen molar-refractivity contribution >= 4 is 0 Å². The van der Waals surface area contributed by atoms with E-state index in [2.05, 4.69) is 19.9 Å². The summed E-state index contributed by atoms with van der Waals surface area (Å²) in [5, 5.41) is 8.27. The summed E-state index contributed by atoms with van der Waals surface area (Å²) < 4.78 is 0. The van der Waals surface area contributed by atoms with Gasteiger partial charge in [-0.3, -0.25) is 0 Å². The van der Waals surface area contributed by atoms with Crippen LogP contribution in [0.15, 0.2) is 23.8 Å². The van der Waals surface area contributed by atoms with Crippen molar-refractivity contribution in [1.29, 1.82) is 5.26 Å². The lowest BCUT2D eigenvalue weighted by molar-refractivity contribution is 0.803. The quantitative estimate of drug-likeness (QED) is 0.449. The van der Waals surface area contributed by atoms with Crippen LogP contribution in [-0.2, 0) is 0 Å². The van der Waals surface area contributed by atoms with Crippen LogP contribution in [0.3, 0.4) is 0 Å². The number of hydrogen-bond donors (Lipinski definition) is 0. The Morgan fingerprint density at radius 1 is 1.25 bits per heavy atom. The van der Waals surface area contributed by atoms with Crippen molar-refractivity contribution in [3.63, 3.8) is 0 Å². The highest BCUT2D eigenvalue weighted by Gasteiger charge is 1.91. The Labute approximate surface area is 75.4 Å². The average molecular weight is 163 g/mol. The highest BCUT2D eigenvalue weighted by Crippen LogP contribution is 2.11. The van der Waals surface area contributed by atoms with Crippen molar-refractivity contribution in [2.75, 3.05) is 0 Å². The van der Waals surface area contributed by atoms with Gasteiger partial charge in [-0.25, -0.2) is 0 Å². The van der Waals surface area contributed by atoms with Crippen molar-refractivity contribution in [1.82, 2.24) is 0 Å². The Bertz CT molecular complexity index is 186. The zero-order valence-electron chi connectivity index (χ0n) is 8.01. The maximum absolute atomic E-state index is 8.27. The normalized spacial score (nSPS) is 9.75. The molecular weight excluding hydrogens is 146 g/mol. The highest BCUT2D eigenvalue weighted by molar-refractivity contribution is 5.17. The minimum atomic E-state index is 1.16. The fraction of sp³-hybridized carbons (Fsp3) is 0.545. The molecule has 0 aliphatic heterocycles. The maximum atomic E-state index is 8.27. The zero-order chi connectivity index (χ0) is 9.23. The van der Waals surface area contributed by atoms with Crippen LogP contribution in [0.4, 0.5) is 0 Å². The van der Waals surface area contributed by atoms with Crippen molar-refractivity contribution in [2.24, 2.45) is 0 Å². The number of rotatable bonds is 5. The lowest BCUT2D eigenvalue weighted by Crippen LogP contribution is -1.81. The molecule has 0 aromatic carbocycles. The van der Waals surface area contributed by atoms with E-state index in [0.29, 0.717) is 0 Å². The second-order valence-electron chi connectivity index (χ2n) is 2.81. The van der Waals surface area contributed by atoms with Gasteiger partial charge in [-0.15, -0.1) is 0 Å². The molecule has 0 bridgehead atoms. The summed E-state index contributed by atoms with van der Waals surface area (Å²) in [5.41, 5.74) is 1.45. The SMILES string of the molecule is CCCC(=C/C=C\C#N)CCC. The molecule has 0 aliphatic carbocycles. The lowest BCUT2D eigenvalue weighted by Gasteiger charge is -2.01. The summed E-state index contributed by atoms with van der Waals surface area (Å²) in [5.74, 6) is 0. The van der Waals surface area contributed by atoms with E-state index in [1.165, 1.54) is 24.5 Å². The largest absolute Gasteiger partial charge is 0.193 e. The Hall–Kier alpha value is -1.03. The molecule has 0 N–H and O–H groups in total. The number of hydrogen-bond acceptors (Lipinski definition) is 1. The van der Waals surface area contributed by atoms with E-state index in [9.17, 15) is 0 Å². The van der Waals surface area contributed by atoms with Crippen molar-refractivity contribution in [3.8, 4) is 6.07 Å². The topological polar surface area (TPSA) is 23.8 Å². The first kappa shape index (κ1) is 11.0. The van der Waals surface area contributed by atoms with Gasteiger partial charge in [0, 0.05) is 6.08 Å². The Morgan fingerprint density at radius 2 is 1.83 bits per heavy atom. The van der Waals surface area contributed by atoms with E-state index in [4.69, 9.17) is 5.26 Å². The first-order valence-electron chi connectivity index (χ1n) is 4.59. The first-order valence-corrected chi connectivity index (χ1v) is 4.59. The maximum Gasteiger partial charge on any atom is 0.0912 e. The monoisotopic (exact) mass is 163 g/mol. The second kappa shape index (κ2) is 8.07. The Morgan fingerprint density at radius 3 is 2.25 bits per heavy atom. The van der Waals surface area contributed by atoms with Crippen LogP contribution in [0.25, 0.3) is 0 Å². The van der Waals surface area contributed by atoms with Gasteiger partial charge < -0.3 is 0 Å². The van der Waals surface area contributed by atoms with E-state index < -0.39 is 0 Å². The molecule has 0 unspecified atom stereocenters. The van der Waals surface area contributed by atoms with Gasteiger partial charge in [0.1, 0.15) is 0 Å². The molecule has 0 aromatic heterocycles. The van der Waals surface area contributed by atoms with Crippen molar-refractivity contribution < 1.29 is 0 Å². The molecular formula is C11H17N. The fourth-order valence-corrected chi connectivity index (χ4v) is 1.16. The molecule has 0 aliphatic rings. The molecule has 0 fully saturated rings. The molecule has 0 heterocycles. The summed E-state index contributed by atoms with van der Waals surface area (Å²) in [4.78, 5) is 0. The van der Waals surface area contributed by atoms with Gasteiger partial charge in [0.2, 0.25) is 0 Å². The third-order valence-corrected chi connectivity index (χ3v) is 1.64. The first-order chi connectivity index (χ1) is 5.85. The van der Waals surface area contributed by atoms with Crippen LogP contribution in [0, 0.1) is 11.3 Å². The Balaban J connectivity index is 3.99. The van der Waals surface area contributed by atoms with Gasteiger partial charge in [0.15, 0.2) is 0 Å². The van der Waals surface area contributed by atoms with Crippen LogP contribution in [-0.4, -0.2) is 0 Å². The predicted molar refractivity (Wildman–Crippen MR) is 52.7 cm³/mol. The van der Waals surface area contributed by atoms with Gasteiger partial charge in [0.25, 0.3) is 0 Å². The summed E-state index contributed by atoms with van der Waals surface area (Å²) in [7, 11) is 0. The molecule has 0 spiro atoms. The van der Waals surface area contributed by atoms with Crippen molar-refractivity contribution in [2.45, 2.75) is 39.5 Å². The van der Waals surface area contributed by atoms with Crippen LogP contribution < -0.4 is 0 Å². The smallest absolute Gasteiger partial charge is 0.0912 e. The van der Waals surface area contributed by atoms with Gasteiger partial charge in [-0.1, -0.05) is 44.4 Å². The molecule has 12 heavy (non-hydrogen) atoms. The minimum Gasteiger partial charge on any atom is -0.193 e. The molecule has 0 rings (SSSR count).